The number of para-hydroxylation sites is 1. The molecule has 3 aromatic heterocycles. The highest BCUT2D eigenvalue weighted by molar-refractivity contribution is 5.84. The van der Waals surface area contributed by atoms with E-state index in [1.807, 2.05) is 24.4 Å². The summed E-state index contributed by atoms with van der Waals surface area (Å²) < 4.78 is 7.29. The number of rotatable bonds is 7. The molecule has 11 heteroatoms. The second kappa shape index (κ2) is 8.35. The van der Waals surface area contributed by atoms with Crippen molar-refractivity contribution < 1.29 is 19.7 Å². The van der Waals surface area contributed by atoms with Gasteiger partial charge in [-0.05, 0) is 30.9 Å². The lowest BCUT2D eigenvalue weighted by atomic mass is 10.1. The molecule has 0 spiro atoms. The summed E-state index contributed by atoms with van der Waals surface area (Å²) >= 11 is 0. The van der Waals surface area contributed by atoms with Crippen LogP contribution in [0.25, 0.3) is 22.1 Å². The Balaban J connectivity index is 1.19. The van der Waals surface area contributed by atoms with Crippen LogP contribution < -0.4 is 10.6 Å². The summed E-state index contributed by atoms with van der Waals surface area (Å²) in [6.07, 6.45) is 2.70. The van der Waals surface area contributed by atoms with Crippen molar-refractivity contribution >= 4 is 33.8 Å². The number of nitrogens with one attached hydrogen (secondary N) is 3. The Hall–Kier alpha value is -3.54. The molecule has 0 radical (unpaired) electrons. The molecule has 1 saturated carbocycles. The zero-order valence-corrected chi connectivity index (χ0v) is 18.3. The van der Waals surface area contributed by atoms with Crippen LogP contribution in [0.2, 0.25) is 0 Å². The van der Waals surface area contributed by atoms with Crippen LogP contribution in [0.1, 0.15) is 24.6 Å². The molecule has 1 amide bonds. The van der Waals surface area contributed by atoms with Gasteiger partial charge in [0.15, 0.2) is 29.3 Å². The Kier molecular flexibility index (Phi) is 5.16. The maximum atomic E-state index is 12.4. The number of hydrogen-bond acceptors (Lipinski definition) is 8. The fourth-order valence-corrected chi connectivity index (χ4v) is 4.44. The van der Waals surface area contributed by atoms with Crippen molar-refractivity contribution in [3.63, 3.8) is 0 Å². The van der Waals surface area contributed by atoms with E-state index in [0.717, 1.165) is 24.8 Å². The van der Waals surface area contributed by atoms with E-state index in [2.05, 4.69) is 36.6 Å². The van der Waals surface area contributed by atoms with Gasteiger partial charge in [-0.1, -0.05) is 18.2 Å². The molecule has 4 atom stereocenters. The molecule has 11 nitrogen and oxygen atoms in total. The van der Waals surface area contributed by atoms with Crippen LogP contribution in [0, 0.1) is 0 Å². The lowest BCUT2D eigenvalue weighted by Gasteiger charge is -2.16. The summed E-state index contributed by atoms with van der Waals surface area (Å²) in [4.78, 5) is 28.7. The second-order valence-electron chi connectivity index (χ2n) is 8.79. The van der Waals surface area contributed by atoms with Crippen LogP contribution in [0.15, 0.2) is 43.1 Å². The molecule has 1 aliphatic heterocycles. The Bertz CT molecular complexity index is 1350. The Morgan fingerprint density at radius 3 is 2.88 bits per heavy atom. The third kappa shape index (κ3) is 3.67. The minimum absolute atomic E-state index is 0.124. The maximum absolute atomic E-state index is 12.4. The van der Waals surface area contributed by atoms with Gasteiger partial charge in [0.1, 0.15) is 18.5 Å². The molecule has 2 aliphatic rings. The number of aliphatic hydroxyl groups is 2. The van der Waals surface area contributed by atoms with Crippen molar-refractivity contribution in [3.8, 4) is 0 Å². The summed E-state index contributed by atoms with van der Waals surface area (Å²) in [5.41, 5.74) is 3.25. The van der Waals surface area contributed by atoms with Crippen LogP contribution in [0.4, 0.5) is 5.82 Å². The summed E-state index contributed by atoms with van der Waals surface area (Å²) in [6, 6.07) is 8.28. The first-order chi connectivity index (χ1) is 16.6. The van der Waals surface area contributed by atoms with E-state index in [1.165, 1.54) is 28.2 Å². The lowest BCUT2D eigenvalue weighted by Crippen LogP contribution is -2.43. The summed E-state index contributed by atoms with van der Waals surface area (Å²) in [5, 5.41) is 28.3. The lowest BCUT2D eigenvalue weighted by molar-refractivity contribution is -0.137. The zero-order valence-electron chi connectivity index (χ0n) is 18.3. The standard InChI is InChI=1S/C23H25N7O4/c31-17-18(32)23(34-19(17)22(33)29-13-5-6-13)30-11-28-16-20(26-10-27-21(16)30)24-8-7-12-9-25-15-4-2-1-3-14(12)15/h1-4,9-11,13,17-19,23,25,31-32H,5-8H2,(H,29,33)(H,24,26,27). The van der Waals surface area contributed by atoms with Crippen LogP contribution in [0.3, 0.4) is 0 Å². The number of carbonyl (C=O) groups is 1. The molecule has 6 rings (SSSR count). The van der Waals surface area contributed by atoms with Crippen LogP contribution in [-0.2, 0) is 16.0 Å². The SMILES string of the molecule is O=C(NC1CC1)C1OC(n2cnc3c(NCCc4c[nH]c5ccccc45)ncnc32)C(O)C1O. The highest BCUT2D eigenvalue weighted by atomic mass is 16.6. The number of ether oxygens (including phenoxy) is 1. The predicted molar refractivity (Wildman–Crippen MR) is 123 cm³/mol. The number of amides is 1. The van der Waals surface area contributed by atoms with E-state index in [1.54, 1.807) is 0 Å². The van der Waals surface area contributed by atoms with E-state index in [9.17, 15) is 15.0 Å². The Morgan fingerprint density at radius 1 is 1.18 bits per heavy atom. The molecule has 4 unspecified atom stereocenters. The fraction of sp³-hybridized carbons (Fsp3) is 0.391. The largest absolute Gasteiger partial charge is 0.387 e. The van der Waals surface area contributed by atoms with Crippen molar-refractivity contribution in [2.45, 2.75) is 49.8 Å². The van der Waals surface area contributed by atoms with Gasteiger partial charge in [0.05, 0.1) is 6.33 Å². The minimum Gasteiger partial charge on any atom is -0.387 e. The molecule has 1 saturated heterocycles. The number of imidazole rings is 1. The van der Waals surface area contributed by atoms with Gasteiger partial charge in [-0.3, -0.25) is 9.36 Å². The van der Waals surface area contributed by atoms with Gasteiger partial charge in [0.25, 0.3) is 5.91 Å². The molecule has 1 aliphatic carbocycles. The van der Waals surface area contributed by atoms with Crippen LogP contribution >= 0.6 is 0 Å². The smallest absolute Gasteiger partial charge is 0.252 e. The first kappa shape index (κ1) is 21.0. The number of fused-ring (bicyclic) bond motifs is 2. The first-order valence-electron chi connectivity index (χ1n) is 11.4. The fourth-order valence-electron chi connectivity index (χ4n) is 4.44. The maximum Gasteiger partial charge on any atom is 0.252 e. The zero-order chi connectivity index (χ0) is 23.2. The van der Waals surface area contributed by atoms with Crippen LogP contribution in [-0.4, -0.2) is 71.5 Å². The molecule has 4 aromatic rings. The monoisotopic (exact) mass is 463 g/mol. The van der Waals surface area contributed by atoms with Crippen molar-refractivity contribution in [3.05, 3.63) is 48.7 Å². The van der Waals surface area contributed by atoms with Gasteiger partial charge >= 0.3 is 0 Å². The van der Waals surface area contributed by atoms with Gasteiger partial charge in [0, 0.05) is 29.7 Å². The van der Waals surface area contributed by atoms with E-state index in [0.29, 0.717) is 23.5 Å². The van der Waals surface area contributed by atoms with Crippen molar-refractivity contribution in [2.75, 3.05) is 11.9 Å². The van der Waals surface area contributed by atoms with Gasteiger partial charge in [-0.2, -0.15) is 0 Å². The second-order valence-corrected chi connectivity index (χ2v) is 8.79. The van der Waals surface area contributed by atoms with Crippen LogP contribution in [0.5, 0.6) is 0 Å². The number of aliphatic hydroxyl groups excluding tert-OH is 2. The van der Waals surface area contributed by atoms with Crippen molar-refractivity contribution in [1.82, 2.24) is 29.8 Å². The van der Waals surface area contributed by atoms with E-state index < -0.39 is 30.4 Å². The van der Waals surface area contributed by atoms with Crippen molar-refractivity contribution in [2.24, 2.45) is 0 Å². The molecule has 5 N–H and O–H groups in total. The summed E-state index contributed by atoms with van der Waals surface area (Å²) in [6.45, 7) is 0.630. The Morgan fingerprint density at radius 2 is 2.03 bits per heavy atom. The number of carbonyl (C=O) groups excluding carboxylic acids is 1. The van der Waals surface area contributed by atoms with E-state index >= 15 is 0 Å². The molecule has 0 bridgehead atoms. The third-order valence-electron chi connectivity index (χ3n) is 6.42. The average Bonchev–Trinajstić information content (AvgIpc) is 3.28. The Labute approximate surface area is 194 Å². The molecule has 2 fully saturated rings. The number of benzene rings is 1. The minimum atomic E-state index is -1.35. The molecule has 34 heavy (non-hydrogen) atoms. The molecular formula is C23H25N7O4. The van der Waals surface area contributed by atoms with Gasteiger partial charge in [-0.15, -0.1) is 0 Å². The highest BCUT2D eigenvalue weighted by Gasteiger charge is 2.48. The normalized spacial score (nSPS) is 24.6. The number of aromatic amines is 1. The quantitative estimate of drug-likeness (QED) is 0.271. The van der Waals surface area contributed by atoms with E-state index in [4.69, 9.17) is 4.74 Å². The molecule has 4 heterocycles. The number of anilines is 1. The summed E-state index contributed by atoms with van der Waals surface area (Å²) in [5.74, 6) is 0.134. The topological polar surface area (TPSA) is 150 Å². The number of nitrogens with zero attached hydrogens (tertiary/aromatic N) is 4. The summed E-state index contributed by atoms with van der Waals surface area (Å²) in [7, 11) is 0. The molecule has 176 valence electrons. The number of aromatic nitrogens is 5. The third-order valence-corrected chi connectivity index (χ3v) is 6.42. The van der Waals surface area contributed by atoms with Gasteiger partial charge in [0.2, 0.25) is 0 Å². The molecular weight excluding hydrogens is 438 g/mol. The van der Waals surface area contributed by atoms with Gasteiger partial charge < -0.3 is 30.6 Å². The van der Waals surface area contributed by atoms with E-state index in [-0.39, 0.29) is 6.04 Å². The van der Waals surface area contributed by atoms with Gasteiger partial charge in [-0.25, -0.2) is 15.0 Å². The predicted octanol–water partition coefficient (Wildman–Crippen LogP) is 0.860. The first-order valence-corrected chi connectivity index (χ1v) is 11.4. The van der Waals surface area contributed by atoms with Crippen molar-refractivity contribution in [1.29, 1.82) is 0 Å². The highest BCUT2D eigenvalue weighted by Crippen LogP contribution is 2.33. The number of hydrogen-bond donors (Lipinski definition) is 5. The molecule has 1 aromatic carbocycles. The number of H-pyrrole nitrogens is 1. The average molecular weight is 463 g/mol.